The summed E-state index contributed by atoms with van der Waals surface area (Å²) >= 11 is 0. The van der Waals surface area contributed by atoms with E-state index < -0.39 is 10.5 Å². The predicted molar refractivity (Wildman–Crippen MR) is 52.1 cm³/mol. The van der Waals surface area contributed by atoms with Crippen LogP contribution in [-0.2, 0) is 16.9 Å². The maximum absolute atomic E-state index is 8.67. The molecule has 4 heteroatoms. The van der Waals surface area contributed by atoms with E-state index >= 15 is 0 Å². The second-order valence-corrected chi connectivity index (χ2v) is 2.94. The maximum Gasteiger partial charge on any atom is 0.308 e. The fourth-order valence-electron chi connectivity index (χ4n) is 0.933. The quantitative estimate of drug-likeness (QED) is 0.794. The molecule has 1 aromatic carbocycles. The van der Waals surface area contributed by atoms with Gasteiger partial charge < -0.3 is 0 Å². The lowest BCUT2D eigenvalue weighted by Gasteiger charge is -1.93. The van der Waals surface area contributed by atoms with Gasteiger partial charge >= 0.3 is 10.5 Å². The summed E-state index contributed by atoms with van der Waals surface area (Å²) in [6.07, 6.45) is 2.45. The number of hydrogen-bond acceptors (Lipinski definition) is 3. The van der Waals surface area contributed by atoms with Gasteiger partial charge in [0.15, 0.2) is 0 Å². The Morgan fingerprint density at radius 1 is 1.23 bits per heavy atom. The summed E-state index contributed by atoms with van der Waals surface area (Å²) < 4.78 is 22.8. The lowest BCUT2D eigenvalue weighted by Crippen LogP contribution is -1.78. The van der Waals surface area contributed by atoms with E-state index in [0.29, 0.717) is 0 Å². The average molecular weight is 199 g/mol. The van der Waals surface area contributed by atoms with Crippen LogP contribution in [0.3, 0.4) is 0 Å². The Hall–Kier alpha value is -1.16. The topological polar surface area (TPSA) is 58.0 Å². The third-order valence-electron chi connectivity index (χ3n) is 1.38. The van der Waals surface area contributed by atoms with E-state index in [1.807, 2.05) is 0 Å². The van der Waals surface area contributed by atoms with Crippen molar-refractivity contribution in [1.29, 1.82) is 4.78 Å². The minimum absolute atomic E-state index is 1.21. The molecule has 0 saturated carbocycles. The molecule has 0 fully saturated rings. The Balaban J connectivity index is 0.000000310. The van der Waals surface area contributed by atoms with Crippen molar-refractivity contribution in [3.8, 4) is 0 Å². The van der Waals surface area contributed by atoms with Crippen LogP contribution in [0, 0.1) is 4.78 Å². The second-order valence-electron chi connectivity index (χ2n) is 2.47. The Labute approximate surface area is 79.9 Å². The minimum Gasteiger partial charge on any atom is -0.188 e. The molecule has 0 aliphatic carbocycles. The monoisotopic (exact) mass is 199 g/mol. The molecule has 72 valence electrons. The van der Waals surface area contributed by atoms with Gasteiger partial charge in [-0.15, -0.1) is 0 Å². The molecule has 0 heterocycles. The van der Waals surface area contributed by atoms with Gasteiger partial charge in [-0.1, -0.05) is 43.7 Å². The first-order valence-corrected chi connectivity index (χ1v) is 5.08. The largest absolute Gasteiger partial charge is 0.308 e. The molecule has 0 aliphatic rings. The third kappa shape index (κ3) is 8.75. The number of benzene rings is 1. The summed E-state index contributed by atoms with van der Waals surface area (Å²) in [5.74, 6) is 0. The number of rotatable bonds is 2. The summed E-state index contributed by atoms with van der Waals surface area (Å²) in [5.41, 5.74) is 1.44. The molecule has 0 amide bonds. The molecular formula is C9H13NO2S. The molecule has 0 saturated heterocycles. The molecule has 1 N–H and O–H groups in total. The van der Waals surface area contributed by atoms with Crippen molar-refractivity contribution < 1.29 is 8.42 Å². The van der Waals surface area contributed by atoms with Crippen molar-refractivity contribution in [2.24, 2.45) is 0 Å². The molecule has 1 rings (SSSR count). The van der Waals surface area contributed by atoms with Gasteiger partial charge in [-0.3, -0.25) is 0 Å². The van der Waals surface area contributed by atoms with Crippen molar-refractivity contribution >= 4 is 10.5 Å². The van der Waals surface area contributed by atoms with Crippen LogP contribution in [0.4, 0.5) is 0 Å². The normalized spacial score (nSPS) is 8.38. The fourth-order valence-corrected chi connectivity index (χ4v) is 0.933. The number of aryl methyl sites for hydroxylation is 1. The Morgan fingerprint density at radius 3 is 2.08 bits per heavy atom. The Kier molecular flexibility index (Phi) is 6.82. The molecule has 1 aromatic rings. The van der Waals surface area contributed by atoms with E-state index in [1.54, 1.807) is 0 Å². The minimum atomic E-state index is -2.61. The van der Waals surface area contributed by atoms with Crippen LogP contribution in [0.15, 0.2) is 30.3 Å². The van der Waals surface area contributed by atoms with Crippen LogP contribution in [0.5, 0.6) is 0 Å². The summed E-state index contributed by atoms with van der Waals surface area (Å²) in [4.78, 5) is 0. The summed E-state index contributed by atoms with van der Waals surface area (Å²) in [6, 6.07) is 10.6. The first kappa shape index (κ1) is 11.8. The van der Waals surface area contributed by atoms with Crippen molar-refractivity contribution in [1.82, 2.24) is 0 Å². The van der Waals surface area contributed by atoms with E-state index in [0.717, 1.165) is 0 Å². The Bertz CT molecular complexity index is 310. The average Bonchev–Trinajstić information content (AvgIpc) is 2.06. The van der Waals surface area contributed by atoms with Crippen molar-refractivity contribution in [2.45, 2.75) is 19.8 Å². The maximum atomic E-state index is 8.67. The van der Waals surface area contributed by atoms with Crippen molar-refractivity contribution in [2.75, 3.05) is 0 Å². The zero-order valence-corrected chi connectivity index (χ0v) is 8.34. The first-order valence-electron chi connectivity index (χ1n) is 4.01. The number of hydrogen-bond donors (Lipinski definition) is 1. The molecule has 0 spiro atoms. The smallest absolute Gasteiger partial charge is 0.188 e. The lowest BCUT2D eigenvalue weighted by molar-refractivity contribution is 0.620. The second kappa shape index (κ2) is 7.49. The van der Waals surface area contributed by atoms with Crippen LogP contribution in [0.1, 0.15) is 18.9 Å². The van der Waals surface area contributed by atoms with Gasteiger partial charge in [0.25, 0.3) is 0 Å². The molecule has 0 aromatic heterocycles. The van der Waals surface area contributed by atoms with E-state index in [2.05, 4.69) is 37.3 Å². The highest BCUT2D eigenvalue weighted by atomic mass is 32.2. The summed E-state index contributed by atoms with van der Waals surface area (Å²) in [5, 5.41) is 0. The SMILES string of the molecule is CCCc1ccccc1.N=S(=O)=O. The molecule has 13 heavy (non-hydrogen) atoms. The van der Waals surface area contributed by atoms with E-state index in [9.17, 15) is 0 Å². The standard InChI is InChI=1S/C9H12.HNO2S/c1-2-6-9-7-4-3-5-8-9;1-4(2)3/h3-5,7-8H,2,6H2,1H3;1H. The molecule has 0 radical (unpaired) electrons. The zero-order chi connectivity index (χ0) is 10.1. The summed E-state index contributed by atoms with van der Waals surface area (Å²) in [7, 11) is -2.61. The Morgan fingerprint density at radius 2 is 1.69 bits per heavy atom. The highest BCUT2D eigenvalue weighted by molar-refractivity contribution is 7.60. The van der Waals surface area contributed by atoms with Crippen molar-refractivity contribution in [3.63, 3.8) is 0 Å². The zero-order valence-electron chi connectivity index (χ0n) is 7.53. The molecule has 3 nitrogen and oxygen atoms in total. The van der Waals surface area contributed by atoms with Crippen LogP contribution in [-0.4, -0.2) is 8.42 Å². The highest BCUT2D eigenvalue weighted by Gasteiger charge is 1.84. The highest BCUT2D eigenvalue weighted by Crippen LogP contribution is 2.00. The van der Waals surface area contributed by atoms with E-state index in [4.69, 9.17) is 13.2 Å². The van der Waals surface area contributed by atoms with Gasteiger partial charge in [0, 0.05) is 0 Å². The van der Waals surface area contributed by atoms with Gasteiger partial charge in [0.05, 0.1) is 0 Å². The van der Waals surface area contributed by atoms with Crippen molar-refractivity contribution in [3.05, 3.63) is 35.9 Å². The molecule has 0 unspecified atom stereocenters. The van der Waals surface area contributed by atoms with Gasteiger partial charge in [0.2, 0.25) is 0 Å². The molecule has 0 aliphatic heterocycles. The van der Waals surface area contributed by atoms with Gasteiger partial charge in [-0.05, 0) is 12.0 Å². The van der Waals surface area contributed by atoms with Gasteiger partial charge in [0.1, 0.15) is 0 Å². The van der Waals surface area contributed by atoms with Crippen LogP contribution in [0.25, 0.3) is 0 Å². The molecular weight excluding hydrogens is 186 g/mol. The van der Waals surface area contributed by atoms with Crippen LogP contribution >= 0.6 is 0 Å². The molecule has 0 bridgehead atoms. The fraction of sp³-hybridized carbons (Fsp3) is 0.333. The first-order chi connectivity index (χ1) is 6.16. The predicted octanol–water partition coefficient (Wildman–Crippen LogP) is 2.27. The van der Waals surface area contributed by atoms with Gasteiger partial charge in [-0.25, -0.2) is 0 Å². The third-order valence-corrected chi connectivity index (χ3v) is 1.38. The van der Waals surface area contributed by atoms with Crippen LogP contribution < -0.4 is 0 Å². The number of nitrogens with one attached hydrogen (secondary N) is 1. The van der Waals surface area contributed by atoms with E-state index in [-0.39, 0.29) is 0 Å². The van der Waals surface area contributed by atoms with E-state index in [1.165, 1.54) is 18.4 Å². The van der Waals surface area contributed by atoms with Gasteiger partial charge in [-0.2, -0.15) is 13.2 Å². The lowest BCUT2D eigenvalue weighted by atomic mass is 10.1. The summed E-state index contributed by atoms with van der Waals surface area (Å²) in [6.45, 7) is 2.20. The molecule has 0 atom stereocenters. The van der Waals surface area contributed by atoms with Crippen LogP contribution in [0.2, 0.25) is 0 Å².